The molecule has 96 valence electrons. The van der Waals surface area contributed by atoms with E-state index in [-0.39, 0.29) is 5.91 Å². The molecule has 1 heterocycles. The van der Waals surface area contributed by atoms with Crippen LogP contribution in [0.1, 0.15) is 24.0 Å². The number of anilines is 1. The number of likely N-dealkylation sites (tertiary alicyclic amines) is 1. The predicted octanol–water partition coefficient (Wildman–Crippen LogP) is 2.67. The first kappa shape index (κ1) is 13.0. The zero-order chi connectivity index (χ0) is 13.1. The van der Waals surface area contributed by atoms with E-state index in [0.717, 1.165) is 37.2 Å². The Labute approximate surface area is 113 Å². The third kappa shape index (κ3) is 2.88. The summed E-state index contributed by atoms with van der Waals surface area (Å²) < 4.78 is 0. The average molecular weight is 262 g/mol. The van der Waals surface area contributed by atoms with Crippen molar-refractivity contribution in [3.8, 4) is 0 Å². The fourth-order valence-electron chi connectivity index (χ4n) is 2.19. The molecule has 0 aliphatic carbocycles. The Kier molecular flexibility index (Phi) is 3.97. The molecular formula is C14H18N2OS. The van der Waals surface area contributed by atoms with Gasteiger partial charge in [0.2, 0.25) is 0 Å². The summed E-state index contributed by atoms with van der Waals surface area (Å²) in [7, 11) is 0. The first-order valence-electron chi connectivity index (χ1n) is 6.25. The molecule has 1 fully saturated rings. The maximum absolute atomic E-state index is 12.0. The Hall–Kier alpha value is -1.42. The Bertz CT molecular complexity index is 479. The van der Waals surface area contributed by atoms with E-state index in [9.17, 15) is 4.79 Å². The molecule has 1 amide bonds. The van der Waals surface area contributed by atoms with Crippen LogP contribution < -0.4 is 5.32 Å². The standard InChI is InChI=1S/C14H18N2OS/c1-10-5-6-12(11(2)9-10)15-13(17)14(18)16-7-3-4-8-16/h5-6,9H,3-4,7-8H2,1-2H3,(H,15,17). The first-order chi connectivity index (χ1) is 8.58. The molecule has 0 spiro atoms. The van der Waals surface area contributed by atoms with E-state index in [1.165, 1.54) is 5.56 Å². The van der Waals surface area contributed by atoms with Crippen molar-refractivity contribution in [2.75, 3.05) is 18.4 Å². The summed E-state index contributed by atoms with van der Waals surface area (Å²) in [5.74, 6) is -0.168. The zero-order valence-corrected chi connectivity index (χ0v) is 11.6. The lowest BCUT2D eigenvalue weighted by Gasteiger charge is -2.18. The van der Waals surface area contributed by atoms with Gasteiger partial charge in [0, 0.05) is 18.8 Å². The average Bonchev–Trinajstić information content (AvgIpc) is 2.85. The minimum Gasteiger partial charge on any atom is -0.358 e. The number of amides is 1. The molecule has 1 N–H and O–H groups in total. The van der Waals surface area contributed by atoms with E-state index in [2.05, 4.69) is 11.4 Å². The Balaban J connectivity index is 2.04. The highest BCUT2D eigenvalue weighted by Gasteiger charge is 2.20. The highest BCUT2D eigenvalue weighted by atomic mass is 32.1. The van der Waals surface area contributed by atoms with E-state index in [0.29, 0.717) is 4.99 Å². The fourth-order valence-corrected chi connectivity index (χ4v) is 2.43. The summed E-state index contributed by atoms with van der Waals surface area (Å²) >= 11 is 5.22. The van der Waals surface area contributed by atoms with Crippen LogP contribution in [0.2, 0.25) is 0 Å². The van der Waals surface area contributed by atoms with E-state index in [1.807, 2.05) is 30.9 Å². The van der Waals surface area contributed by atoms with Crippen molar-refractivity contribution >= 4 is 28.8 Å². The van der Waals surface area contributed by atoms with E-state index in [1.54, 1.807) is 0 Å². The Morgan fingerprint density at radius 2 is 1.94 bits per heavy atom. The minimum atomic E-state index is -0.168. The summed E-state index contributed by atoms with van der Waals surface area (Å²) in [5.41, 5.74) is 3.09. The number of carbonyl (C=O) groups is 1. The number of carbonyl (C=O) groups excluding carboxylic acids is 1. The molecular weight excluding hydrogens is 244 g/mol. The van der Waals surface area contributed by atoms with Gasteiger partial charge in [-0.25, -0.2) is 0 Å². The maximum atomic E-state index is 12.0. The quantitative estimate of drug-likeness (QED) is 0.790. The van der Waals surface area contributed by atoms with Crippen LogP contribution in [0, 0.1) is 13.8 Å². The normalized spacial score (nSPS) is 14.7. The van der Waals surface area contributed by atoms with Crippen molar-refractivity contribution in [2.45, 2.75) is 26.7 Å². The summed E-state index contributed by atoms with van der Waals surface area (Å²) in [6, 6.07) is 5.96. The number of nitrogens with zero attached hydrogens (tertiary/aromatic N) is 1. The van der Waals surface area contributed by atoms with Crippen molar-refractivity contribution < 1.29 is 4.79 Å². The van der Waals surface area contributed by atoms with Crippen LogP contribution in [0.15, 0.2) is 18.2 Å². The number of aryl methyl sites for hydroxylation is 2. The minimum absolute atomic E-state index is 0.168. The lowest BCUT2D eigenvalue weighted by Crippen LogP contribution is -2.36. The number of nitrogens with one attached hydrogen (secondary N) is 1. The number of rotatable bonds is 1. The largest absolute Gasteiger partial charge is 0.358 e. The molecule has 1 saturated heterocycles. The summed E-state index contributed by atoms with van der Waals surface area (Å²) in [4.78, 5) is 14.4. The van der Waals surface area contributed by atoms with Crippen LogP contribution in [-0.2, 0) is 4.79 Å². The lowest BCUT2D eigenvalue weighted by atomic mass is 10.1. The zero-order valence-electron chi connectivity index (χ0n) is 10.8. The van der Waals surface area contributed by atoms with E-state index >= 15 is 0 Å². The van der Waals surface area contributed by atoms with Crippen LogP contribution in [0.5, 0.6) is 0 Å². The Morgan fingerprint density at radius 3 is 2.56 bits per heavy atom. The second-order valence-corrected chi connectivity index (χ2v) is 5.16. The van der Waals surface area contributed by atoms with E-state index in [4.69, 9.17) is 12.2 Å². The predicted molar refractivity (Wildman–Crippen MR) is 78.0 cm³/mol. The van der Waals surface area contributed by atoms with Crippen molar-refractivity contribution in [2.24, 2.45) is 0 Å². The molecule has 2 rings (SSSR count). The van der Waals surface area contributed by atoms with Gasteiger partial charge >= 0.3 is 0 Å². The molecule has 4 heteroatoms. The molecule has 0 atom stereocenters. The second kappa shape index (κ2) is 5.48. The summed E-state index contributed by atoms with van der Waals surface area (Å²) in [6.45, 7) is 5.83. The van der Waals surface area contributed by atoms with Crippen LogP contribution in [0.3, 0.4) is 0 Å². The first-order valence-corrected chi connectivity index (χ1v) is 6.66. The molecule has 1 aliphatic rings. The van der Waals surface area contributed by atoms with Gasteiger partial charge in [0.15, 0.2) is 4.99 Å². The van der Waals surface area contributed by atoms with Gasteiger partial charge in [-0.3, -0.25) is 4.79 Å². The van der Waals surface area contributed by atoms with Gasteiger partial charge < -0.3 is 10.2 Å². The van der Waals surface area contributed by atoms with Gasteiger partial charge in [0.1, 0.15) is 0 Å². The van der Waals surface area contributed by atoms with Crippen LogP contribution in [0.25, 0.3) is 0 Å². The third-order valence-corrected chi connectivity index (χ3v) is 3.66. The van der Waals surface area contributed by atoms with Gasteiger partial charge in [-0.15, -0.1) is 0 Å². The van der Waals surface area contributed by atoms with Gasteiger partial charge in [-0.1, -0.05) is 29.9 Å². The summed E-state index contributed by atoms with van der Waals surface area (Å²) in [6.07, 6.45) is 2.24. The van der Waals surface area contributed by atoms with Crippen LogP contribution >= 0.6 is 12.2 Å². The molecule has 0 aromatic heterocycles. The van der Waals surface area contributed by atoms with Crippen molar-refractivity contribution in [1.29, 1.82) is 0 Å². The smallest absolute Gasteiger partial charge is 0.283 e. The topological polar surface area (TPSA) is 32.3 Å². The highest BCUT2D eigenvalue weighted by molar-refractivity contribution is 7.82. The van der Waals surface area contributed by atoms with E-state index < -0.39 is 0 Å². The SMILES string of the molecule is Cc1ccc(NC(=O)C(=S)N2CCCC2)c(C)c1. The maximum Gasteiger partial charge on any atom is 0.283 e. The van der Waals surface area contributed by atoms with Crippen molar-refractivity contribution in [1.82, 2.24) is 4.90 Å². The molecule has 0 radical (unpaired) electrons. The molecule has 0 saturated carbocycles. The molecule has 1 aromatic carbocycles. The number of thiocarbonyl (C=S) groups is 1. The van der Waals surface area contributed by atoms with Crippen molar-refractivity contribution in [3.63, 3.8) is 0 Å². The van der Waals surface area contributed by atoms with Crippen LogP contribution in [0.4, 0.5) is 5.69 Å². The second-order valence-electron chi connectivity index (χ2n) is 4.77. The van der Waals surface area contributed by atoms with Gasteiger partial charge in [0.25, 0.3) is 5.91 Å². The monoisotopic (exact) mass is 262 g/mol. The summed E-state index contributed by atoms with van der Waals surface area (Å²) in [5, 5.41) is 2.89. The third-order valence-electron chi connectivity index (χ3n) is 3.22. The molecule has 0 unspecified atom stereocenters. The van der Waals surface area contributed by atoms with Gasteiger partial charge in [-0.05, 0) is 38.3 Å². The molecule has 1 aromatic rings. The number of hydrogen-bond donors (Lipinski definition) is 1. The molecule has 3 nitrogen and oxygen atoms in total. The van der Waals surface area contributed by atoms with Gasteiger partial charge in [-0.2, -0.15) is 0 Å². The number of hydrogen-bond acceptors (Lipinski definition) is 2. The lowest BCUT2D eigenvalue weighted by molar-refractivity contribution is -0.110. The molecule has 1 aliphatic heterocycles. The highest BCUT2D eigenvalue weighted by Crippen LogP contribution is 2.17. The Morgan fingerprint density at radius 1 is 1.28 bits per heavy atom. The number of benzene rings is 1. The van der Waals surface area contributed by atoms with Gasteiger partial charge in [0.05, 0.1) is 0 Å². The van der Waals surface area contributed by atoms with Crippen molar-refractivity contribution in [3.05, 3.63) is 29.3 Å². The van der Waals surface area contributed by atoms with Crippen LogP contribution in [-0.4, -0.2) is 28.9 Å². The fraction of sp³-hybridized carbons (Fsp3) is 0.429. The molecule has 18 heavy (non-hydrogen) atoms. The molecule has 0 bridgehead atoms.